The van der Waals surface area contributed by atoms with E-state index < -0.39 is 0 Å². The van der Waals surface area contributed by atoms with E-state index in [2.05, 4.69) is 18.3 Å². The van der Waals surface area contributed by atoms with Gasteiger partial charge in [0.25, 0.3) is 5.91 Å². The SMILES string of the molecule is CCC1CCc2sc(C(=O)NC3CCCCC3)cc2C1. The van der Waals surface area contributed by atoms with Gasteiger partial charge in [0.1, 0.15) is 0 Å². The molecule has 0 bridgehead atoms. The fraction of sp³-hybridized carbons (Fsp3) is 0.706. The summed E-state index contributed by atoms with van der Waals surface area (Å²) >= 11 is 1.73. The second-order valence-electron chi connectivity index (χ2n) is 6.38. The summed E-state index contributed by atoms with van der Waals surface area (Å²) in [5, 5.41) is 3.24. The zero-order valence-corrected chi connectivity index (χ0v) is 13.2. The molecule has 110 valence electrons. The zero-order valence-electron chi connectivity index (χ0n) is 12.4. The van der Waals surface area contributed by atoms with Gasteiger partial charge in [-0.2, -0.15) is 0 Å². The van der Waals surface area contributed by atoms with E-state index in [9.17, 15) is 4.79 Å². The summed E-state index contributed by atoms with van der Waals surface area (Å²) in [6, 6.07) is 2.58. The molecule has 0 spiro atoms. The topological polar surface area (TPSA) is 29.1 Å². The molecule has 2 nitrogen and oxygen atoms in total. The summed E-state index contributed by atoms with van der Waals surface area (Å²) in [5.41, 5.74) is 1.45. The van der Waals surface area contributed by atoms with Crippen LogP contribution in [-0.2, 0) is 12.8 Å². The fourth-order valence-electron chi connectivity index (χ4n) is 3.56. The van der Waals surface area contributed by atoms with E-state index in [1.165, 1.54) is 55.4 Å². The summed E-state index contributed by atoms with van der Waals surface area (Å²) in [7, 11) is 0. The van der Waals surface area contributed by atoms with E-state index in [0.29, 0.717) is 6.04 Å². The largest absolute Gasteiger partial charge is 0.349 e. The van der Waals surface area contributed by atoms with Crippen LogP contribution in [0.15, 0.2) is 6.07 Å². The molecular formula is C17H25NOS. The Morgan fingerprint density at radius 3 is 2.85 bits per heavy atom. The number of nitrogens with one attached hydrogen (secondary N) is 1. The van der Waals surface area contributed by atoms with Gasteiger partial charge in [0.05, 0.1) is 4.88 Å². The van der Waals surface area contributed by atoms with E-state index in [-0.39, 0.29) is 5.91 Å². The van der Waals surface area contributed by atoms with Crippen molar-refractivity contribution >= 4 is 17.2 Å². The molecule has 1 fully saturated rings. The lowest BCUT2D eigenvalue weighted by Gasteiger charge is -2.22. The average Bonchev–Trinajstić information content (AvgIpc) is 2.91. The first-order valence-electron chi connectivity index (χ1n) is 8.18. The number of rotatable bonds is 3. The van der Waals surface area contributed by atoms with E-state index in [4.69, 9.17) is 0 Å². The number of thiophene rings is 1. The highest BCUT2D eigenvalue weighted by Crippen LogP contribution is 2.33. The van der Waals surface area contributed by atoms with Gasteiger partial charge in [-0.1, -0.05) is 32.6 Å². The molecule has 1 aromatic rings. The Labute approximate surface area is 126 Å². The number of amides is 1. The quantitative estimate of drug-likeness (QED) is 0.882. The highest BCUT2D eigenvalue weighted by molar-refractivity contribution is 7.14. The van der Waals surface area contributed by atoms with Crippen LogP contribution in [0.25, 0.3) is 0 Å². The maximum absolute atomic E-state index is 12.4. The number of hydrogen-bond donors (Lipinski definition) is 1. The minimum absolute atomic E-state index is 0.171. The van der Waals surface area contributed by atoms with Crippen molar-refractivity contribution in [2.24, 2.45) is 5.92 Å². The van der Waals surface area contributed by atoms with E-state index in [0.717, 1.165) is 23.6 Å². The third-order valence-corrected chi connectivity index (χ3v) is 6.16. The third-order valence-electron chi connectivity index (χ3n) is 4.93. The molecule has 1 saturated carbocycles. The molecule has 1 amide bonds. The molecule has 1 unspecified atom stereocenters. The van der Waals surface area contributed by atoms with Crippen molar-refractivity contribution in [1.82, 2.24) is 5.32 Å². The van der Waals surface area contributed by atoms with Gasteiger partial charge in [0.15, 0.2) is 0 Å². The first-order valence-corrected chi connectivity index (χ1v) is 9.00. The summed E-state index contributed by atoms with van der Waals surface area (Å²) < 4.78 is 0. The molecule has 20 heavy (non-hydrogen) atoms. The van der Waals surface area contributed by atoms with Gasteiger partial charge >= 0.3 is 0 Å². The van der Waals surface area contributed by atoms with Crippen LogP contribution in [0.5, 0.6) is 0 Å². The van der Waals surface area contributed by atoms with Crippen LogP contribution in [0.2, 0.25) is 0 Å². The Hall–Kier alpha value is -0.830. The standard InChI is InChI=1S/C17H25NOS/c1-2-12-8-9-15-13(10-12)11-16(20-15)17(19)18-14-6-4-3-5-7-14/h11-12,14H,2-10H2,1H3,(H,18,19). The first kappa shape index (κ1) is 14.1. The number of aryl methyl sites for hydroxylation is 1. The lowest BCUT2D eigenvalue weighted by molar-refractivity contribution is 0.0932. The van der Waals surface area contributed by atoms with Crippen molar-refractivity contribution in [3.05, 3.63) is 21.4 Å². The van der Waals surface area contributed by atoms with Gasteiger partial charge < -0.3 is 5.32 Å². The molecule has 1 heterocycles. The van der Waals surface area contributed by atoms with Crippen LogP contribution in [0.1, 0.15) is 72.0 Å². The Morgan fingerprint density at radius 1 is 1.30 bits per heavy atom. The second-order valence-corrected chi connectivity index (χ2v) is 7.52. The molecule has 0 aliphatic heterocycles. The number of carbonyl (C=O) groups is 1. The van der Waals surface area contributed by atoms with Gasteiger partial charge in [-0.25, -0.2) is 0 Å². The van der Waals surface area contributed by atoms with Crippen LogP contribution < -0.4 is 5.32 Å². The predicted octanol–water partition coefficient (Wildman–Crippen LogP) is 4.33. The monoisotopic (exact) mass is 291 g/mol. The van der Waals surface area contributed by atoms with Crippen LogP contribution in [-0.4, -0.2) is 11.9 Å². The van der Waals surface area contributed by atoms with Gasteiger partial charge in [-0.15, -0.1) is 11.3 Å². The molecule has 3 heteroatoms. The van der Waals surface area contributed by atoms with E-state index in [1.54, 1.807) is 11.3 Å². The fourth-order valence-corrected chi connectivity index (χ4v) is 4.67. The van der Waals surface area contributed by atoms with Crippen molar-refractivity contribution < 1.29 is 4.79 Å². The highest BCUT2D eigenvalue weighted by atomic mass is 32.1. The zero-order chi connectivity index (χ0) is 13.9. The summed E-state index contributed by atoms with van der Waals surface area (Å²) in [5.74, 6) is 0.996. The Kier molecular flexibility index (Phi) is 4.45. The lowest BCUT2D eigenvalue weighted by atomic mass is 9.87. The molecular weight excluding hydrogens is 266 g/mol. The smallest absolute Gasteiger partial charge is 0.261 e. The van der Waals surface area contributed by atoms with Gasteiger partial charge in [0, 0.05) is 10.9 Å². The van der Waals surface area contributed by atoms with Crippen molar-refractivity contribution in [1.29, 1.82) is 0 Å². The maximum Gasteiger partial charge on any atom is 0.261 e. The molecule has 0 saturated heterocycles. The molecule has 1 aromatic heterocycles. The summed E-state index contributed by atoms with van der Waals surface area (Å²) in [6.07, 6.45) is 11.1. The molecule has 2 aliphatic carbocycles. The Morgan fingerprint density at radius 2 is 2.10 bits per heavy atom. The van der Waals surface area contributed by atoms with Gasteiger partial charge in [-0.3, -0.25) is 4.79 Å². The van der Waals surface area contributed by atoms with Crippen LogP contribution >= 0.6 is 11.3 Å². The number of fused-ring (bicyclic) bond motifs is 1. The molecule has 0 aromatic carbocycles. The Bertz CT molecular complexity index is 473. The normalized spacial score (nSPS) is 23.4. The molecule has 0 radical (unpaired) electrons. The predicted molar refractivity (Wildman–Crippen MR) is 84.5 cm³/mol. The minimum atomic E-state index is 0.171. The second kappa shape index (κ2) is 6.30. The number of carbonyl (C=O) groups excluding carboxylic acids is 1. The highest BCUT2D eigenvalue weighted by Gasteiger charge is 2.23. The average molecular weight is 291 g/mol. The van der Waals surface area contributed by atoms with E-state index in [1.807, 2.05) is 0 Å². The van der Waals surface area contributed by atoms with Crippen molar-refractivity contribution in [3.8, 4) is 0 Å². The first-order chi connectivity index (χ1) is 9.76. The molecule has 2 aliphatic rings. The van der Waals surface area contributed by atoms with Crippen molar-refractivity contribution in [2.45, 2.75) is 70.8 Å². The maximum atomic E-state index is 12.4. The van der Waals surface area contributed by atoms with Crippen LogP contribution in [0, 0.1) is 5.92 Å². The molecule has 1 atom stereocenters. The summed E-state index contributed by atoms with van der Waals surface area (Å²) in [6.45, 7) is 2.28. The third kappa shape index (κ3) is 3.08. The van der Waals surface area contributed by atoms with Gasteiger partial charge in [0.2, 0.25) is 0 Å². The van der Waals surface area contributed by atoms with E-state index >= 15 is 0 Å². The minimum Gasteiger partial charge on any atom is -0.349 e. The summed E-state index contributed by atoms with van der Waals surface area (Å²) in [4.78, 5) is 14.8. The van der Waals surface area contributed by atoms with Crippen molar-refractivity contribution in [2.75, 3.05) is 0 Å². The van der Waals surface area contributed by atoms with Crippen LogP contribution in [0.3, 0.4) is 0 Å². The van der Waals surface area contributed by atoms with Gasteiger partial charge in [-0.05, 0) is 49.7 Å². The lowest BCUT2D eigenvalue weighted by Crippen LogP contribution is -2.35. The Balaban J connectivity index is 1.65. The number of hydrogen-bond acceptors (Lipinski definition) is 2. The van der Waals surface area contributed by atoms with Crippen molar-refractivity contribution in [3.63, 3.8) is 0 Å². The molecule has 1 N–H and O–H groups in total. The van der Waals surface area contributed by atoms with Crippen LogP contribution in [0.4, 0.5) is 0 Å². The molecule has 3 rings (SSSR count).